The first-order chi connectivity index (χ1) is 13.7. The third-order valence-electron chi connectivity index (χ3n) is 5.57. The van der Waals surface area contributed by atoms with Crippen LogP contribution in [0.25, 0.3) is 0 Å². The third kappa shape index (κ3) is 4.30. The quantitative estimate of drug-likeness (QED) is 0.829. The Labute approximate surface area is 165 Å². The Kier molecular flexibility index (Phi) is 5.81. The van der Waals surface area contributed by atoms with Crippen molar-refractivity contribution >= 4 is 5.91 Å². The predicted molar refractivity (Wildman–Crippen MR) is 106 cm³/mol. The molecule has 0 unspecified atom stereocenters. The number of aromatic amines is 1. The molecule has 3 heterocycles. The fraction of sp³-hybridized carbons (Fsp3) is 0.524. The molecule has 7 nitrogen and oxygen atoms in total. The monoisotopic (exact) mass is 384 g/mol. The Morgan fingerprint density at radius 3 is 2.68 bits per heavy atom. The molecule has 0 bridgehead atoms. The van der Waals surface area contributed by atoms with Gasteiger partial charge in [-0.25, -0.2) is 4.98 Å². The summed E-state index contributed by atoms with van der Waals surface area (Å²) >= 11 is 0. The molecule has 1 aromatic heterocycles. The smallest absolute Gasteiger partial charge is 0.257 e. The maximum atomic E-state index is 12.9. The lowest BCUT2D eigenvalue weighted by atomic mass is 10.1. The highest BCUT2D eigenvalue weighted by molar-refractivity contribution is 5.97. The average molecular weight is 384 g/mol. The summed E-state index contributed by atoms with van der Waals surface area (Å²) in [4.78, 5) is 24.7. The van der Waals surface area contributed by atoms with Crippen LogP contribution in [0.5, 0.6) is 11.5 Å². The molecule has 0 aliphatic carbocycles. The summed E-state index contributed by atoms with van der Waals surface area (Å²) in [5, 5.41) is 0. The molecule has 150 valence electrons. The summed E-state index contributed by atoms with van der Waals surface area (Å²) in [5.41, 5.74) is 0.640. The summed E-state index contributed by atoms with van der Waals surface area (Å²) in [6, 6.07) is 5.52. The molecule has 2 aliphatic heterocycles. The minimum absolute atomic E-state index is 0.0606. The van der Waals surface area contributed by atoms with Gasteiger partial charge in [-0.05, 0) is 37.8 Å². The predicted octanol–water partition coefficient (Wildman–Crippen LogP) is 2.70. The van der Waals surface area contributed by atoms with E-state index in [-0.39, 0.29) is 12.0 Å². The third-order valence-corrected chi connectivity index (χ3v) is 5.57. The first-order valence-corrected chi connectivity index (χ1v) is 10.1. The molecule has 0 saturated carbocycles. The van der Waals surface area contributed by atoms with E-state index in [1.165, 1.54) is 0 Å². The number of nitrogens with zero attached hydrogens (tertiary/aromatic N) is 3. The van der Waals surface area contributed by atoms with Crippen molar-refractivity contribution in [3.63, 3.8) is 0 Å². The number of H-pyrrole nitrogens is 1. The Morgan fingerprint density at radius 1 is 1.21 bits per heavy atom. The molecular formula is C21H28N4O3. The van der Waals surface area contributed by atoms with Gasteiger partial charge in [0.1, 0.15) is 23.4 Å². The standard InChI is InChI=1S/C21H28N4O3/c1-27-17-4-5-18(21(26)25-10-2-3-11-25)19(14-17)28-16-6-12-24(13-7-16)15-20-22-8-9-23-20/h4-5,8-9,14,16H,2-3,6-7,10-13,15H2,1H3,(H,22,23). The molecule has 0 spiro atoms. The zero-order chi connectivity index (χ0) is 19.3. The fourth-order valence-electron chi connectivity index (χ4n) is 3.96. The molecule has 2 aromatic rings. The first-order valence-electron chi connectivity index (χ1n) is 10.1. The number of benzene rings is 1. The van der Waals surface area contributed by atoms with Crippen molar-refractivity contribution in [2.75, 3.05) is 33.3 Å². The van der Waals surface area contributed by atoms with Crippen LogP contribution in [-0.4, -0.2) is 65.1 Å². The van der Waals surface area contributed by atoms with Crippen molar-refractivity contribution in [1.82, 2.24) is 19.8 Å². The van der Waals surface area contributed by atoms with Crippen LogP contribution in [0, 0.1) is 0 Å². The lowest BCUT2D eigenvalue weighted by molar-refractivity contribution is 0.0763. The van der Waals surface area contributed by atoms with Gasteiger partial charge in [-0.2, -0.15) is 0 Å². The zero-order valence-electron chi connectivity index (χ0n) is 16.4. The van der Waals surface area contributed by atoms with Crippen molar-refractivity contribution in [2.24, 2.45) is 0 Å². The first kappa shape index (κ1) is 18.8. The maximum absolute atomic E-state index is 12.9. The molecule has 4 rings (SSSR count). The number of amides is 1. The number of rotatable bonds is 6. The molecule has 2 aliphatic rings. The number of piperidine rings is 1. The Bertz CT molecular complexity index is 779. The highest BCUT2D eigenvalue weighted by Gasteiger charge is 2.26. The molecule has 1 amide bonds. The van der Waals surface area contributed by atoms with Gasteiger partial charge in [0, 0.05) is 44.6 Å². The summed E-state index contributed by atoms with van der Waals surface area (Å²) in [6.07, 6.45) is 7.74. The number of hydrogen-bond donors (Lipinski definition) is 1. The van der Waals surface area contributed by atoms with Crippen LogP contribution in [-0.2, 0) is 6.54 Å². The van der Waals surface area contributed by atoms with E-state index in [4.69, 9.17) is 9.47 Å². The number of likely N-dealkylation sites (tertiary alicyclic amines) is 2. The van der Waals surface area contributed by atoms with Crippen molar-refractivity contribution < 1.29 is 14.3 Å². The molecule has 0 atom stereocenters. The van der Waals surface area contributed by atoms with Gasteiger partial charge < -0.3 is 19.4 Å². The number of ether oxygens (including phenoxy) is 2. The van der Waals surface area contributed by atoms with Gasteiger partial charge in [0.15, 0.2) is 0 Å². The number of nitrogens with one attached hydrogen (secondary N) is 1. The summed E-state index contributed by atoms with van der Waals surface area (Å²) in [6.45, 7) is 4.39. The Balaban J connectivity index is 1.41. The number of methoxy groups -OCH3 is 1. The average Bonchev–Trinajstić information content (AvgIpc) is 3.43. The van der Waals surface area contributed by atoms with Crippen molar-refractivity contribution in [3.05, 3.63) is 42.0 Å². The minimum atomic E-state index is 0.0606. The van der Waals surface area contributed by atoms with Gasteiger partial charge in [-0.3, -0.25) is 9.69 Å². The van der Waals surface area contributed by atoms with Crippen molar-refractivity contribution in [3.8, 4) is 11.5 Å². The van der Waals surface area contributed by atoms with Crippen molar-refractivity contribution in [1.29, 1.82) is 0 Å². The van der Waals surface area contributed by atoms with E-state index in [1.54, 1.807) is 13.3 Å². The van der Waals surface area contributed by atoms with Gasteiger partial charge in [0.05, 0.1) is 19.2 Å². The maximum Gasteiger partial charge on any atom is 0.257 e. The molecule has 0 radical (unpaired) electrons. The second-order valence-corrected chi connectivity index (χ2v) is 7.49. The number of aromatic nitrogens is 2. The van der Waals surface area contributed by atoms with E-state index < -0.39 is 0 Å². The Hall–Kier alpha value is -2.54. The SMILES string of the molecule is COc1ccc(C(=O)N2CCCC2)c(OC2CCN(Cc3ncc[nH]3)CC2)c1. The molecular weight excluding hydrogens is 356 g/mol. The summed E-state index contributed by atoms with van der Waals surface area (Å²) in [7, 11) is 1.63. The van der Waals surface area contributed by atoms with E-state index in [0.717, 1.165) is 64.2 Å². The number of hydrogen-bond acceptors (Lipinski definition) is 5. The lowest BCUT2D eigenvalue weighted by Gasteiger charge is -2.32. The van der Waals surface area contributed by atoms with Gasteiger partial charge in [0.25, 0.3) is 5.91 Å². The van der Waals surface area contributed by atoms with Gasteiger partial charge in [-0.1, -0.05) is 0 Å². The molecule has 1 N–H and O–H groups in total. The van der Waals surface area contributed by atoms with Crippen LogP contribution in [0.15, 0.2) is 30.6 Å². The molecule has 2 saturated heterocycles. The Morgan fingerprint density at radius 2 is 2.00 bits per heavy atom. The van der Waals surface area contributed by atoms with Gasteiger partial charge in [-0.15, -0.1) is 0 Å². The van der Waals surface area contributed by atoms with Gasteiger partial charge >= 0.3 is 0 Å². The second kappa shape index (κ2) is 8.65. The highest BCUT2D eigenvalue weighted by Crippen LogP contribution is 2.30. The lowest BCUT2D eigenvalue weighted by Crippen LogP contribution is -2.38. The molecule has 28 heavy (non-hydrogen) atoms. The van der Waals surface area contributed by atoms with E-state index in [0.29, 0.717) is 17.1 Å². The van der Waals surface area contributed by atoms with Crippen LogP contribution < -0.4 is 9.47 Å². The minimum Gasteiger partial charge on any atom is -0.497 e. The van der Waals surface area contributed by atoms with E-state index in [9.17, 15) is 4.79 Å². The van der Waals surface area contributed by atoms with Crippen molar-refractivity contribution in [2.45, 2.75) is 38.3 Å². The largest absolute Gasteiger partial charge is 0.497 e. The van der Waals surface area contributed by atoms with Crippen LogP contribution >= 0.6 is 0 Å². The zero-order valence-corrected chi connectivity index (χ0v) is 16.4. The number of carbonyl (C=O) groups is 1. The van der Waals surface area contributed by atoms with Gasteiger partial charge in [0.2, 0.25) is 0 Å². The van der Waals surface area contributed by atoms with E-state index >= 15 is 0 Å². The summed E-state index contributed by atoms with van der Waals surface area (Å²) in [5.74, 6) is 2.40. The van der Waals surface area contributed by atoms with Crippen LogP contribution in [0.4, 0.5) is 0 Å². The molecule has 2 fully saturated rings. The van der Waals surface area contributed by atoms with Crippen LogP contribution in [0.3, 0.4) is 0 Å². The van der Waals surface area contributed by atoms with Crippen LogP contribution in [0.2, 0.25) is 0 Å². The molecule has 1 aromatic carbocycles. The summed E-state index contributed by atoms with van der Waals surface area (Å²) < 4.78 is 11.7. The number of carbonyl (C=O) groups excluding carboxylic acids is 1. The normalized spacial score (nSPS) is 18.4. The van der Waals surface area contributed by atoms with E-state index in [2.05, 4.69) is 14.9 Å². The topological polar surface area (TPSA) is 70.7 Å². The fourth-order valence-corrected chi connectivity index (χ4v) is 3.96. The highest BCUT2D eigenvalue weighted by atomic mass is 16.5. The van der Waals surface area contributed by atoms with Crippen LogP contribution in [0.1, 0.15) is 41.9 Å². The molecule has 7 heteroatoms. The second-order valence-electron chi connectivity index (χ2n) is 7.49. The number of imidazole rings is 1. The van der Waals surface area contributed by atoms with E-state index in [1.807, 2.05) is 29.3 Å².